The molecule has 3 N–H and O–H groups in total. The summed E-state index contributed by atoms with van der Waals surface area (Å²) >= 11 is 0. The molecule has 0 aliphatic carbocycles. The summed E-state index contributed by atoms with van der Waals surface area (Å²) in [6.07, 6.45) is 0. The molecule has 0 radical (unpaired) electrons. The lowest BCUT2D eigenvalue weighted by molar-refractivity contribution is -0.119. The number of carbonyl (C=O) groups is 3. The summed E-state index contributed by atoms with van der Waals surface area (Å²) in [5.74, 6) is -1.66. The Morgan fingerprint density at radius 3 is 2.29 bits per heavy atom. The molecule has 3 aromatic carbocycles. The minimum absolute atomic E-state index is 0.0278. The topological polar surface area (TPSA) is 105 Å². The van der Waals surface area contributed by atoms with Gasteiger partial charge >= 0.3 is 5.97 Å². The molecule has 2 amide bonds. The zero-order valence-electron chi connectivity index (χ0n) is 17.3. The normalized spacial score (nSPS) is 10.7. The van der Waals surface area contributed by atoms with Crippen LogP contribution in [0.4, 0.5) is 5.69 Å². The van der Waals surface area contributed by atoms with Gasteiger partial charge in [-0.3, -0.25) is 9.59 Å². The van der Waals surface area contributed by atoms with Crippen LogP contribution >= 0.6 is 0 Å². The highest BCUT2D eigenvalue weighted by Crippen LogP contribution is 2.25. The highest BCUT2D eigenvalue weighted by atomic mass is 16.5. The predicted octanol–water partition coefficient (Wildman–Crippen LogP) is 3.73. The van der Waals surface area contributed by atoms with Crippen LogP contribution in [0.15, 0.2) is 60.7 Å². The number of benzene rings is 3. The van der Waals surface area contributed by atoms with Crippen molar-refractivity contribution < 1.29 is 24.2 Å². The van der Waals surface area contributed by atoms with E-state index < -0.39 is 18.5 Å². The third kappa shape index (κ3) is 5.60. The van der Waals surface area contributed by atoms with Crippen LogP contribution in [0.1, 0.15) is 34.6 Å². The van der Waals surface area contributed by atoms with Crippen molar-refractivity contribution in [2.75, 3.05) is 18.5 Å². The number of esters is 1. The lowest BCUT2D eigenvalue weighted by Crippen LogP contribution is -2.29. The standard InChI is InChI=1S/C24H24N2O5/c1-15(2)13-25-23(29)18-9-5-6-10-20(18)26-22(28)14-31-24(30)19-11-16-7-3-4-8-17(16)12-21(19)27/h3-12,15,27H,13-14H2,1-2H3,(H,25,29)(H,26,28). The van der Waals surface area contributed by atoms with E-state index in [0.717, 1.165) is 10.8 Å². The molecule has 0 saturated carbocycles. The second-order valence-corrected chi connectivity index (χ2v) is 7.49. The third-order valence-corrected chi connectivity index (χ3v) is 4.53. The van der Waals surface area contributed by atoms with Crippen LogP contribution in [0.25, 0.3) is 10.8 Å². The average molecular weight is 420 g/mol. The Labute approximate surface area is 180 Å². The molecule has 0 atom stereocenters. The first kappa shape index (κ1) is 21.8. The Balaban J connectivity index is 1.64. The lowest BCUT2D eigenvalue weighted by Gasteiger charge is -2.13. The number of phenols is 1. The van der Waals surface area contributed by atoms with Gasteiger partial charge in [0.2, 0.25) is 0 Å². The van der Waals surface area contributed by atoms with E-state index in [-0.39, 0.29) is 23.1 Å². The molecule has 31 heavy (non-hydrogen) atoms. The number of nitrogens with one attached hydrogen (secondary N) is 2. The van der Waals surface area contributed by atoms with Gasteiger partial charge in [-0.05, 0) is 41.0 Å². The molecule has 3 aromatic rings. The predicted molar refractivity (Wildman–Crippen MR) is 118 cm³/mol. The minimum atomic E-state index is -0.818. The molecule has 3 rings (SSSR count). The molecule has 0 aliphatic heterocycles. The van der Waals surface area contributed by atoms with E-state index >= 15 is 0 Å². The monoisotopic (exact) mass is 420 g/mol. The van der Waals surface area contributed by atoms with E-state index in [1.165, 1.54) is 12.1 Å². The molecule has 160 valence electrons. The highest BCUT2D eigenvalue weighted by Gasteiger charge is 2.17. The number of fused-ring (bicyclic) bond motifs is 1. The zero-order chi connectivity index (χ0) is 22.4. The maximum Gasteiger partial charge on any atom is 0.342 e. The SMILES string of the molecule is CC(C)CNC(=O)c1ccccc1NC(=O)COC(=O)c1cc2ccccc2cc1O. The maximum atomic E-state index is 12.4. The molecule has 7 heteroatoms. The van der Waals surface area contributed by atoms with Crippen molar-refractivity contribution in [3.8, 4) is 5.75 Å². The molecule has 0 heterocycles. The van der Waals surface area contributed by atoms with Gasteiger partial charge in [0, 0.05) is 6.54 Å². The fourth-order valence-electron chi connectivity index (χ4n) is 2.97. The van der Waals surface area contributed by atoms with Crippen LogP contribution in [0, 0.1) is 5.92 Å². The zero-order valence-corrected chi connectivity index (χ0v) is 17.3. The number of hydrogen-bond acceptors (Lipinski definition) is 5. The van der Waals surface area contributed by atoms with E-state index in [9.17, 15) is 19.5 Å². The van der Waals surface area contributed by atoms with Gasteiger partial charge in [0.25, 0.3) is 11.8 Å². The molecule has 0 spiro atoms. The summed E-state index contributed by atoms with van der Waals surface area (Å²) < 4.78 is 5.06. The van der Waals surface area contributed by atoms with E-state index in [1.54, 1.807) is 30.3 Å². The van der Waals surface area contributed by atoms with Crippen molar-refractivity contribution in [3.05, 3.63) is 71.8 Å². The number of para-hydroxylation sites is 1. The second-order valence-electron chi connectivity index (χ2n) is 7.49. The summed E-state index contributed by atoms with van der Waals surface area (Å²) in [5.41, 5.74) is 0.605. The third-order valence-electron chi connectivity index (χ3n) is 4.53. The molecular formula is C24H24N2O5. The summed E-state index contributed by atoms with van der Waals surface area (Å²) in [4.78, 5) is 37.0. The Hall–Kier alpha value is -3.87. The van der Waals surface area contributed by atoms with E-state index in [2.05, 4.69) is 10.6 Å². The number of rotatable bonds is 7. The number of ether oxygens (including phenoxy) is 1. The van der Waals surface area contributed by atoms with Crippen LogP contribution in [0.2, 0.25) is 0 Å². The lowest BCUT2D eigenvalue weighted by atomic mass is 10.1. The first-order valence-electron chi connectivity index (χ1n) is 9.91. The van der Waals surface area contributed by atoms with E-state index in [0.29, 0.717) is 17.8 Å². The van der Waals surface area contributed by atoms with Gasteiger partial charge in [-0.15, -0.1) is 0 Å². The Morgan fingerprint density at radius 2 is 1.58 bits per heavy atom. The van der Waals surface area contributed by atoms with Gasteiger partial charge in [0.1, 0.15) is 11.3 Å². The minimum Gasteiger partial charge on any atom is -0.507 e. The van der Waals surface area contributed by atoms with Crippen LogP contribution in [-0.4, -0.2) is 36.0 Å². The molecule has 0 bridgehead atoms. The van der Waals surface area contributed by atoms with Crippen LogP contribution in [0.5, 0.6) is 5.75 Å². The van der Waals surface area contributed by atoms with Gasteiger partial charge < -0.3 is 20.5 Å². The van der Waals surface area contributed by atoms with Gasteiger partial charge in [0.05, 0.1) is 11.3 Å². The van der Waals surface area contributed by atoms with E-state index in [1.807, 2.05) is 32.0 Å². The first-order valence-corrected chi connectivity index (χ1v) is 9.91. The number of anilines is 1. The van der Waals surface area contributed by atoms with Gasteiger partial charge in [-0.1, -0.05) is 50.2 Å². The van der Waals surface area contributed by atoms with E-state index in [4.69, 9.17) is 4.74 Å². The van der Waals surface area contributed by atoms with Crippen molar-refractivity contribution in [3.63, 3.8) is 0 Å². The molecule has 0 saturated heterocycles. The number of carbonyl (C=O) groups excluding carboxylic acids is 3. The second kappa shape index (κ2) is 9.75. The summed E-state index contributed by atoms with van der Waals surface area (Å²) in [6, 6.07) is 16.8. The van der Waals surface area contributed by atoms with Crippen molar-refractivity contribution in [2.45, 2.75) is 13.8 Å². The fraction of sp³-hybridized carbons (Fsp3) is 0.208. The first-order chi connectivity index (χ1) is 14.8. The smallest absolute Gasteiger partial charge is 0.342 e. The highest BCUT2D eigenvalue weighted by molar-refractivity contribution is 6.05. The van der Waals surface area contributed by atoms with Crippen molar-refractivity contribution in [1.82, 2.24) is 5.32 Å². The number of hydrogen-bond donors (Lipinski definition) is 3. The Bertz CT molecular complexity index is 1120. The Morgan fingerprint density at radius 1 is 0.935 bits per heavy atom. The van der Waals surface area contributed by atoms with Gasteiger partial charge in [0.15, 0.2) is 6.61 Å². The molecule has 7 nitrogen and oxygen atoms in total. The van der Waals surface area contributed by atoms with Crippen molar-refractivity contribution >= 4 is 34.2 Å². The number of aromatic hydroxyl groups is 1. The van der Waals surface area contributed by atoms with Crippen LogP contribution in [0.3, 0.4) is 0 Å². The maximum absolute atomic E-state index is 12.4. The quantitative estimate of drug-likeness (QED) is 0.505. The van der Waals surface area contributed by atoms with Crippen LogP contribution in [-0.2, 0) is 9.53 Å². The molecular weight excluding hydrogens is 396 g/mol. The van der Waals surface area contributed by atoms with Gasteiger partial charge in [-0.2, -0.15) is 0 Å². The largest absolute Gasteiger partial charge is 0.507 e. The fourth-order valence-corrected chi connectivity index (χ4v) is 2.97. The van der Waals surface area contributed by atoms with Crippen LogP contribution < -0.4 is 10.6 Å². The Kier molecular flexibility index (Phi) is 6.87. The molecule has 0 aliphatic rings. The molecule has 0 aromatic heterocycles. The number of amides is 2. The van der Waals surface area contributed by atoms with Gasteiger partial charge in [-0.25, -0.2) is 4.79 Å². The molecule has 0 fully saturated rings. The molecule has 0 unspecified atom stereocenters. The van der Waals surface area contributed by atoms with Crippen molar-refractivity contribution in [1.29, 1.82) is 0 Å². The number of phenolic OH excluding ortho intramolecular Hbond substituents is 1. The summed E-state index contributed by atoms with van der Waals surface area (Å²) in [6.45, 7) is 3.91. The van der Waals surface area contributed by atoms with Crippen molar-refractivity contribution in [2.24, 2.45) is 5.92 Å². The summed E-state index contributed by atoms with van der Waals surface area (Å²) in [5, 5.41) is 17.1. The average Bonchev–Trinajstić information content (AvgIpc) is 2.75. The summed E-state index contributed by atoms with van der Waals surface area (Å²) in [7, 11) is 0.